The van der Waals surface area contributed by atoms with Gasteiger partial charge in [0, 0.05) is 18.0 Å². The number of imidazole rings is 1. The molecule has 2 rings (SSSR count). The first kappa shape index (κ1) is 11.3. The van der Waals surface area contributed by atoms with Gasteiger partial charge in [0.05, 0.1) is 19.1 Å². The minimum absolute atomic E-state index is 0.484. The van der Waals surface area contributed by atoms with Gasteiger partial charge < -0.3 is 14.4 Å². The Morgan fingerprint density at radius 3 is 2.88 bits per heavy atom. The second-order valence-electron chi connectivity index (χ2n) is 3.45. The lowest BCUT2D eigenvalue weighted by atomic mass is 10.1. The quantitative estimate of drug-likeness (QED) is 0.804. The number of aliphatic hydroxyl groups is 1. The van der Waals surface area contributed by atoms with Crippen molar-refractivity contribution >= 4 is 5.97 Å². The zero-order valence-corrected chi connectivity index (χ0v) is 9.28. The van der Waals surface area contributed by atoms with Crippen LogP contribution in [0.1, 0.15) is 11.7 Å². The molecule has 1 unspecified atom stereocenters. The van der Waals surface area contributed by atoms with Gasteiger partial charge in [-0.3, -0.25) is 0 Å². The number of esters is 1. The Morgan fingerprint density at radius 1 is 1.47 bits per heavy atom. The summed E-state index contributed by atoms with van der Waals surface area (Å²) in [4.78, 5) is 15.3. The van der Waals surface area contributed by atoms with Crippen molar-refractivity contribution in [3.8, 4) is 5.69 Å². The Bertz CT molecular complexity index is 508. The van der Waals surface area contributed by atoms with Gasteiger partial charge in [0.1, 0.15) is 0 Å². The molecule has 0 aliphatic carbocycles. The van der Waals surface area contributed by atoms with E-state index in [9.17, 15) is 9.90 Å². The smallest absolute Gasteiger partial charge is 0.339 e. The molecule has 0 amide bonds. The summed E-state index contributed by atoms with van der Waals surface area (Å²) in [5.41, 5.74) is 1.18. The molecular formula is C12H12N2O3. The molecule has 5 heteroatoms. The van der Waals surface area contributed by atoms with E-state index in [1.165, 1.54) is 7.11 Å². The molecule has 2 aromatic rings. The summed E-state index contributed by atoms with van der Waals surface area (Å²) < 4.78 is 6.25. The lowest BCUT2D eigenvalue weighted by molar-refractivity contribution is -0.150. The van der Waals surface area contributed by atoms with Crippen molar-refractivity contribution in [1.82, 2.24) is 9.55 Å². The Morgan fingerprint density at radius 2 is 2.24 bits per heavy atom. The van der Waals surface area contributed by atoms with Crippen LogP contribution in [-0.2, 0) is 9.53 Å². The Balaban J connectivity index is 2.44. The molecule has 5 nitrogen and oxygen atoms in total. The fourth-order valence-electron chi connectivity index (χ4n) is 1.59. The molecule has 1 heterocycles. The fraction of sp³-hybridized carbons (Fsp3) is 0.167. The average molecular weight is 232 g/mol. The van der Waals surface area contributed by atoms with Crippen LogP contribution < -0.4 is 0 Å². The van der Waals surface area contributed by atoms with Crippen LogP contribution in [0.4, 0.5) is 0 Å². The monoisotopic (exact) mass is 232 g/mol. The molecule has 0 radical (unpaired) electrons. The maximum absolute atomic E-state index is 11.3. The molecule has 1 N–H and O–H groups in total. The molecule has 1 aromatic heterocycles. The van der Waals surface area contributed by atoms with Crippen molar-refractivity contribution in [2.75, 3.05) is 7.11 Å². The van der Waals surface area contributed by atoms with E-state index >= 15 is 0 Å². The van der Waals surface area contributed by atoms with Gasteiger partial charge >= 0.3 is 5.97 Å². The zero-order chi connectivity index (χ0) is 12.3. The first-order chi connectivity index (χ1) is 8.24. The minimum atomic E-state index is -1.29. The molecule has 0 aliphatic rings. The van der Waals surface area contributed by atoms with E-state index < -0.39 is 12.1 Å². The van der Waals surface area contributed by atoms with Gasteiger partial charge in [0.25, 0.3) is 0 Å². The van der Waals surface area contributed by atoms with Crippen LogP contribution in [0.2, 0.25) is 0 Å². The van der Waals surface area contributed by atoms with E-state index in [0.29, 0.717) is 11.3 Å². The van der Waals surface area contributed by atoms with Crippen molar-refractivity contribution in [3.05, 3.63) is 48.5 Å². The summed E-state index contributed by atoms with van der Waals surface area (Å²) in [7, 11) is 1.24. The summed E-state index contributed by atoms with van der Waals surface area (Å²) in [5.74, 6) is -0.683. The Kier molecular flexibility index (Phi) is 3.20. The lowest BCUT2D eigenvalue weighted by Crippen LogP contribution is -2.15. The number of carbonyl (C=O) groups is 1. The molecule has 0 fully saturated rings. The molecule has 1 atom stereocenters. The van der Waals surface area contributed by atoms with Crippen LogP contribution in [0.15, 0.2) is 43.0 Å². The molecule has 17 heavy (non-hydrogen) atoms. The topological polar surface area (TPSA) is 64.3 Å². The molecular weight excluding hydrogens is 220 g/mol. The van der Waals surface area contributed by atoms with Gasteiger partial charge in [-0.2, -0.15) is 0 Å². The number of hydrogen-bond donors (Lipinski definition) is 1. The van der Waals surface area contributed by atoms with Crippen LogP contribution >= 0.6 is 0 Å². The van der Waals surface area contributed by atoms with Crippen LogP contribution in [0, 0.1) is 0 Å². The SMILES string of the molecule is COC(=O)C(O)c1ccccc1-n1ccnc1. The summed E-state index contributed by atoms with van der Waals surface area (Å²) in [6.45, 7) is 0. The van der Waals surface area contributed by atoms with Crippen molar-refractivity contribution in [2.45, 2.75) is 6.10 Å². The van der Waals surface area contributed by atoms with Gasteiger partial charge in [-0.15, -0.1) is 0 Å². The fourth-order valence-corrected chi connectivity index (χ4v) is 1.59. The van der Waals surface area contributed by atoms with E-state index in [2.05, 4.69) is 9.72 Å². The van der Waals surface area contributed by atoms with E-state index in [4.69, 9.17) is 0 Å². The van der Waals surface area contributed by atoms with Gasteiger partial charge in [-0.05, 0) is 6.07 Å². The molecule has 0 spiro atoms. The average Bonchev–Trinajstić information content (AvgIpc) is 2.90. The summed E-state index contributed by atoms with van der Waals surface area (Å²) in [5, 5.41) is 9.86. The Labute approximate surface area is 98.3 Å². The highest BCUT2D eigenvalue weighted by Crippen LogP contribution is 2.22. The number of aromatic nitrogens is 2. The number of nitrogens with zero attached hydrogens (tertiary/aromatic N) is 2. The van der Waals surface area contributed by atoms with Gasteiger partial charge in [0.2, 0.25) is 0 Å². The molecule has 0 aliphatic heterocycles. The molecule has 0 saturated heterocycles. The molecule has 1 aromatic carbocycles. The highest BCUT2D eigenvalue weighted by atomic mass is 16.5. The summed E-state index contributed by atoms with van der Waals surface area (Å²) in [6, 6.07) is 7.05. The van der Waals surface area contributed by atoms with Gasteiger partial charge in [-0.25, -0.2) is 9.78 Å². The van der Waals surface area contributed by atoms with Crippen LogP contribution in [0.3, 0.4) is 0 Å². The third kappa shape index (κ3) is 2.19. The third-order valence-corrected chi connectivity index (χ3v) is 2.44. The predicted octanol–water partition coefficient (Wildman–Crippen LogP) is 1.08. The van der Waals surface area contributed by atoms with Gasteiger partial charge in [-0.1, -0.05) is 18.2 Å². The second kappa shape index (κ2) is 4.80. The maximum atomic E-state index is 11.3. The van der Waals surface area contributed by atoms with Crippen molar-refractivity contribution in [3.63, 3.8) is 0 Å². The number of hydrogen-bond acceptors (Lipinski definition) is 4. The zero-order valence-electron chi connectivity index (χ0n) is 9.28. The van der Waals surface area contributed by atoms with Crippen LogP contribution in [0.5, 0.6) is 0 Å². The highest BCUT2D eigenvalue weighted by molar-refractivity contribution is 5.77. The van der Waals surface area contributed by atoms with E-state index in [1.807, 2.05) is 6.07 Å². The summed E-state index contributed by atoms with van der Waals surface area (Å²) in [6.07, 6.45) is 3.67. The lowest BCUT2D eigenvalue weighted by Gasteiger charge is -2.13. The van der Waals surface area contributed by atoms with Crippen molar-refractivity contribution < 1.29 is 14.6 Å². The summed E-state index contributed by atoms with van der Waals surface area (Å²) >= 11 is 0. The van der Waals surface area contributed by atoms with Gasteiger partial charge in [0.15, 0.2) is 6.10 Å². The predicted molar refractivity (Wildman–Crippen MR) is 60.5 cm³/mol. The van der Waals surface area contributed by atoms with Crippen molar-refractivity contribution in [2.24, 2.45) is 0 Å². The van der Waals surface area contributed by atoms with Crippen molar-refractivity contribution in [1.29, 1.82) is 0 Å². The van der Waals surface area contributed by atoms with E-state index in [0.717, 1.165) is 0 Å². The Hall–Kier alpha value is -2.14. The number of rotatable bonds is 3. The molecule has 88 valence electrons. The van der Waals surface area contributed by atoms with E-state index in [1.54, 1.807) is 41.5 Å². The van der Waals surface area contributed by atoms with Crippen LogP contribution in [0.25, 0.3) is 5.69 Å². The first-order valence-electron chi connectivity index (χ1n) is 5.07. The van der Waals surface area contributed by atoms with E-state index in [-0.39, 0.29) is 0 Å². The largest absolute Gasteiger partial charge is 0.467 e. The number of aliphatic hydroxyl groups excluding tert-OH is 1. The number of para-hydroxylation sites is 1. The normalized spacial score (nSPS) is 12.1. The molecule has 0 bridgehead atoms. The first-order valence-corrected chi connectivity index (χ1v) is 5.07. The standard InChI is InChI=1S/C12H12N2O3/c1-17-12(16)11(15)9-4-2-3-5-10(9)14-7-6-13-8-14/h2-8,11,15H,1H3. The third-order valence-electron chi connectivity index (χ3n) is 2.44. The second-order valence-corrected chi connectivity index (χ2v) is 3.45. The number of ether oxygens (including phenoxy) is 1. The van der Waals surface area contributed by atoms with Crippen LogP contribution in [-0.4, -0.2) is 27.7 Å². The maximum Gasteiger partial charge on any atom is 0.339 e. The minimum Gasteiger partial charge on any atom is -0.467 e. The molecule has 0 saturated carbocycles. The number of benzene rings is 1. The number of carbonyl (C=O) groups excluding carboxylic acids is 1. The highest BCUT2D eigenvalue weighted by Gasteiger charge is 2.21. The number of methoxy groups -OCH3 is 1.